The molecule has 0 radical (unpaired) electrons. The van der Waals surface area contributed by atoms with E-state index in [1.165, 1.54) is 15.3 Å². The summed E-state index contributed by atoms with van der Waals surface area (Å²) in [6.07, 6.45) is 7.98. The molecule has 3 aliphatic rings. The van der Waals surface area contributed by atoms with Crippen molar-refractivity contribution >= 4 is 23.2 Å². The molecule has 2 aromatic rings. The minimum absolute atomic E-state index is 0.00195. The van der Waals surface area contributed by atoms with E-state index in [1.807, 2.05) is 17.0 Å². The number of ether oxygens (including phenoxy) is 1. The molecule has 2 aliphatic heterocycles. The lowest BCUT2D eigenvalue weighted by Gasteiger charge is -2.52. The maximum absolute atomic E-state index is 13.8. The summed E-state index contributed by atoms with van der Waals surface area (Å²) in [5.41, 5.74) is -0.444. The van der Waals surface area contributed by atoms with Crippen LogP contribution < -0.4 is 10.1 Å². The molecule has 1 atom stereocenters. The molecule has 1 saturated carbocycles. The van der Waals surface area contributed by atoms with Gasteiger partial charge in [-0.3, -0.25) is 14.5 Å². The third-order valence-electron chi connectivity index (χ3n) is 9.01. The van der Waals surface area contributed by atoms with Crippen LogP contribution in [0.1, 0.15) is 76.0 Å². The number of likely N-dealkylation sites (tertiary alicyclic amines) is 1. The van der Waals surface area contributed by atoms with Crippen LogP contribution in [0.4, 0.5) is 0 Å². The van der Waals surface area contributed by atoms with Crippen LogP contribution in [-0.2, 0) is 16.1 Å². The van der Waals surface area contributed by atoms with E-state index in [0.29, 0.717) is 38.6 Å². The zero-order valence-corrected chi connectivity index (χ0v) is 24.2. The van der Waals surface area contributed by atoms with E-state index in [9.17, 15) is 14.7 Å². The summed E-state index contributed by atoms with van der Waals surface area (Å²) < 4.78 is 5.28. The van der Waals surface area contributed by atoms with Gasteiger partial charge in [0.25, 0.3) is 0 Å². The van der Waals surface area contributed by atoms with Gasteiger partial charge in [0, 0.05) is 42.4 Å². The average Bonchev–Trinajstić information content (AvgIpc) is 3.41. The Hall–Kier alpha value is -2.42. The number of hydrogen-bond donors (Lipinski definition) is 2. The van der Waals surface area contributed by atoms with Crippen LogP contribution in [0.25, 0.3) is 10.4 Å². The highest BCUT2D eigenvalue weighted by molar-refractivity contribution is 7.15. The predicted molar refractivity (Wildman–Crippen MR) is 155 cm³/mol. The minimum atomic E-state index is -0.846. The minimum Gasteiger partial charge on any atom is -0.497 e. The van der Waals surface area contributed by atoms with Crippen LogP contribution in [0.5, 0.6) is 5.75 Å². The molecule has 2 saturated heterocycles. The molecule has 2 N–H and O–H groups in total. The number of benzene rings is 1. The van der Waals surface area contributed by atoms with Gasteiger partial charge in [0.05, 0.1) is 12.7 Å². The SMILES string of the molecule is CCCCN1C(=O)[C@@H](CC2(O)CCCCC2)NC(=O)C12CCN(Cc1ccc(-c3ccc(OC)cc3)s1)CC2. The standard InChI is InChI=1S/C31H43N3O4S/c1-3-4-18-34-28(35)26(21-30(37)14-6-5-7-15-30)32-29(36)31(34)16-19-33(20-17-31)22-25-12-13-27(39-25)23-8-10-24(38-2)11-9-23/h8-13,26,37H,3-7,14-22H2,1-2H3,(H,32,36)/t26-/m1/s1. The van der Waals surface area contributed by atoms with Crippen molar-refractivity contribution in [1.82, 2.24) is 15.1 Å². The molecule has 3 heterocycles. The number of rotatable bonds is 9. The highest BCUT2D eigenvalue weighted by Crippen LogP contribution is 2.38. The Bertz CT molecular complexity index is 1130. The Morgan fingerprint density at radius 3 is 2.41 bits per heavy atom. The zero-order valence-electron chi connectivity index (χ0n) is 23.4. The molecule has 2 amide bonds. The highest BCUT2D eigenvalue weighted by atomic mass is 32.1. The van der Waals surface area contributed by atoms with Crippen LogP contribution in [0, 0.1) is 0 Å². The van der Waals surface area contributed by atoms with E-state index >= 15 is 0 Å². The summed E-state index contributed by atoms with van der Waals surface area (Å²) in [4.78, 5) is 34.3. The van der Waals surface area contributed by atoms with Crippen molar-refractivity contribution in [3.8, 4) is 16.2 Å². The molecule has 212 valence electrons. The van der Waals surface area contributed by atoms with Crippen molar-refractivity contribution in [2.24, 2.45) is 0 Å². The van der Waals surface area contributed by atoms with Gasteiger partial charge in [-0.25, -0.2) is 0 Å². The number of nitrogens with zero attached hydrogens (tertiary/aromatic N) is 2. The van der Waals surface area contributed by atoms with Gasteiger partial charge in [-0.05, 0) is 74.1 Å². The van der Waals surface area contributed by atoms with Crippen molar-refractivity contribution in [1.29, 1.82) is 0 Å². The fraction of sp³-hybridized carbons (Fsp3) is 0.613. The summed E-state index contributed by atoms with van der Waals surface area (Å²) in [6.45, 7) is 5.11. The maximum atomic E-state index is 13.8. The zero-order chi connectivity index (χ0) is 27.5. The second-order valence-electron chi connectivity index (χ2n) is 11.7. The number of piperidine rings is 1. The van der Waals surface area contributed by atoms with Gasteiger partial charge in [-0.15, -0.1) is 11.3 Å². The molecular formula is C31H43N3O4S. The van der Waals surface area contributed by atoms with Gasteiger partial charge in [-0.2, -0.15) is 0 Å². The quantitative estimate of drug-likeness (QED) is 0.458. The van der Waals surface area contributed by atoms with Gasteiger partial charge >= 0.3 is 0 Å². The smallest absolute Gasteiger partial charge is 0.246 e. The highest BCUT2D eigenvalue weighted by Gasteiger charge is 2.54. The molecule has 3 fully saturated rings. The first-order valence-corrected chi connectivity index (χ1v) is 15.5. The lowest BCUT2D eigenvalue weighted by molar-refractivity contribution is -0.163. The molecule has 0 unspecified atom stereocenters. The number of carbonyl (C=O) groups is 2. The number of unbranched alkanes of at least 4 members (excludes halogenated alkanes) is 1. The Labute approximate surface area is 236 Å². The summed E-state index contributed by atoms with van der Waals surface area (Å²) in [6, 6.07) is 11.9. The second kappa shape index (κ2) is 12.0. The van der Waals surface area contributed by atoms with Crippen molar-refractivity contribution in [2.75, 3.05) is 26.7 Å². The van der Waals surface area contributed by atoms with Crippen molar-refractivity contribution in [3.05, 3.63) is 41.3 Å². The topological polar surface area (TPSA) is 82.1 Å². The van der Waals surface area contributed by atoms with Crippen LogP contribution in [0.15, 0.2) is 36.4 Å². The van der Waals surface area contributed by atoms with E-state index in [2.05, 4.69) is 41.4 Å². The number of carbonyl (C=O) groups excluding carboxylic acids is 2. The monoisotopic (exact) mass is 553 g/mol. The van der Waals surface area contributed by atoms with Gasteiger partial charge in [0.2, 0.25) is 11.8 Å². The number of hydrogen-bond acceptors (Lipinski definition) is 6. The average molecular weight is 554 g/mol. The third kappa shape index (κ3) is 6.03. The summed E-state index contributed by atoms with van der Waals surface area (Å²) in [5.74, 6) is 0.824. The molecule has 1 spiro atoms. The number of amides is 2. The molecule has 1 aromatic heterocycles. The van der Waals surface area contributed by atoms with E-state index in [4.69, 9.17) is 4.74 Å². The molecule has 1 aromatic carbocycles. The molecule has 8 heteroatoms. The van der Waals surface area contributed by atoms with E-state index in [1.54, 1.807) is 18.4 Å². The lowest BCUT2D eigenvalue weighted by atomic mass is 9.77. The maximum Gasteiger partial charge on any atom is 0.246 e. The lowest BCUT2D eigenvalue weighted by Crippen LogP contribution is -2.73. The van der Waals surface area contributed by atoms with Crippen LogP contribution in [0.3, 0.4) is 0 Å². The number of thiophene rings is 1. The largest absolute Gasteiger partial charge is 0.497 e. The Kier molecular flexibility index (Phi) is 8.64. The predicted octanol–water partition coefficient (Wildman–Crippen LogP) is 4.97. The van der Waals surface area contributed by atoms with E-state index < -0.39 is 17.2 Å². The van der Waals surface area contributed by atoms with Crippen LogP contribution in [-0.4, -0.2) is 70.6 Å². The van der Waals surface area contributed by atoms with Crippen LogP contribution >= 0.6 is 11.3 Å². The number of piperazine rings is 1. The van der Waals surface area contributed by atoms with E-state index in [0.717, 1.165) is 57.5 Å². The fourth-order valence-electron chi connectivity index (χ4n) is 6.62. The van der Waals surface area contributed by atoms with Gasteiger partial charge in [0.1, 0.15) is 17.3 Å². The van der Waals surface area contributed by atoms with Crippen LogP contribution in [0.2, 0.25) is 0 Å². The van der Waals surface area contributed by atoms with Crippen molar-refractivity contribution < 1.29 is 19.4 Å². The Morgan fingerprint density at radius 1 is 1.03 bits per heavy atom. The number of aliphatic hydroxyl groups is 1. The van der Waals surface area contributed by atoms with Gasteiger partial charge in [0.15, 0.2) is 0 Å². The van der Waals surface area contributed by atoms with Crippen molar-refractivity contribution in [2.45, 2.75) is 94.9 Å². The second-order valence-corrected chi connectivity index (χ2v) is 12.8. The molecule has 0 bridgehead atoms. The molecular weight excluding hydrogens is 510 g/mol. The normalized spacial score (nSPS) is 23.2. The molecule has 7 nitrogen and oxygen atoms in total. The van der Waals surface area contributed by atoms with Gasteiger partial charge in [-0.1, -0.05) is 32.6 Å². The summed E-state index contributed by atoms with van der Waals surface area (Å²) >= 11 is 1.80. The van der Waals surface area contributed by atoms with E-state index in [-0.39, 0.29) is 11.8 Å². The summed E-state index contributed by atoms with van der Waals surface area (Å²) in [5, 5.41) is 14.2. The Balaban J connectivity index is 1.24. The number of methoxy groups -OCH3 is 1. The molecule has 39 heavy (non-hydrogen) atoms. The first kappa shape index (κ1) is 28.1. The molecule has 1 aliphatic carbocycles. The van der Waals surface area contributed by atoms with Crippen molar-refractivity contribution in [3.63, 3.8) is 0 Å². The third-order valence-corrected chi connectivity index (χ3v) is 10.1. The number of nitrogens with one attached hydrogen (secondary N) is 1. The first-order valence-electron chi connectivity index (χ1n) is 14.7. The molecule has 5 rings (SSSR count). The van der Waals surface area contributed by atoms with Gasteiger partial charge < -0.3 is 20.1 Å². The summed E-state index contributed by atoms with van der Waals surface area (Å²) in [7, 11) is 1.68. The first-order chi connectivity index (χ1) is 18.9. The Morgan fingerprint density at radius 2 is 1.74 bits per heavy atom. The fourth-order valence-corrected chi connectivity index (χ4v) is 7.68.